The maximum Gasteiger partial charge on any atom is 0.415 e. The molecule has 1 aliphatic heterocycles. The first-order valence-electron chi connectivity index (χ1n) is 7.59. The molecule has 1 heterocycles. The predicted octanol–water partition coefficient (Wildman–Crippen LogP) is 4.10. The van der Waals surface area contributed by atoms with Gasteiger partial charge in [0.05, 0.1) is 12.3 Å². The van der Waals surface area contributed by atoms with Crippen molar-refractivity contribution in [2.45, 2.75) is 13.0 Å². The number of para-hydroxylation sites is 1. The molecule has 0 bridgehead atoms. The lowest BCUT2D eigenvalue weighted by Crippen LogP contribution is -2.41. The van der Waals surface area contributed by atoms with Gasteiger partial charge in [-0.2, -0.15) is 0 Å². The quantitative estimate of drug-likeness (QED) is 0.742. The van der Waals surface area contributed by atoms with Crippen molar-refractivity contribution < 1.29 is 9.53 Å². The molecule has 0 saturated heterocycles. The smallest absolute Gasteiger partial charge is 0.415 e. The van der Waals surface area contributed by atoms with Crippen LogP contribution in [0.4, 0.5) is 10.5 Å². The summed E-state index contributed by atoms with van der Waals surface area (Å²) in [7, 11) is 0. The van der Waals surface area contributed by atoms with E-state index in [4.69, 9.17) is 4.74 Å². The van der Waals surface area contributed by atoms with Gasteiger partial charge in [0, 0.05) is 5.56 Å². The Morgan fingerprint density at radius 3 is 2.65 bits per heavy atom. The summed E-state index contributed by atoms with van der Waals surface area (Å²) in [5, 5.41) is 0. The zero-order valence-electron chi connectivity index (χ0n) is 12.9. The molecule has 0 aliphatic carbocycles. The zero-order chi connectivity index (χ0) is 16.1. The molecule has 2 aromatic carbocycles. The molecule has 0 N–H and O–H groups in total. The molecule has 1 amide bonds. The topological polar surface area (TPSA) is 29.5 Å². The van der Waals surface area contributed by atoms with Crippen LogP contribution in [0.1, 0.15) is 18.1 Å². The van der Waals surface area contributed by atoms with E-state index in [2.05, 4.69) is 11.8 Å². The number of hydrogen-bond donors (Lipinski definition) is 0. The van der Waals surface area contributed by atoms with Crippen LogP contribution in [0.15, 0.2) is 60.7 Å². The molecule has 0 aromatic heterocycles. The molecule has 3 nitrogen and oxygen atoms in total. The van der Waals surface area contributed by atoms with Crippen molar-refractivity contribution >= 4 is 17.9 Å². The predicted molar refractivity (Wildman–Crippen MR) is 92.1 cm³/mol. The van der Waals surface area contributed by atoms with Gasteiger partial charge in [0.2, 0.25) is 0 Å². The molecular weight excluding hydrogens is 286 g/mol. The van der Waals surface area contributed by atoms with E-state index >= 15 is 0 Å². The number of carbonyl (C=O) groups is 1. The van der Waals surface area contributed by atoms with Gasteiger partial charge in [-0.05, 0) is 36.8 Å². The van der Waals surface area contributed by atoms with E-state index in [1.54, 1.807) is 11.8 Å². The Bertz CT molecular complexity index is 784. The molecule has 0 spiro atoms. The van der Waals surface area contributed by atoms with Crippen LogP contribution >= 0.6 is 0 Å². The van der Waals surface area contributed by atoms with E-state index in [1.807, 2.05) is 66.7 Å². The summed E-state index contributed by atoms with van der Waals surface area (Å²) in [5.41, 5.74) is 2.72. The monoisotopic (exact) mass is 303 g/mol. The first-order chi connectivity index (χ1) is 11.3. The summed E-state index contributed by atoms with van der Waals surface area (Å²) in [5.74, 6) is 6.28. The van der Waals surface area contributed by atoms with Crippen LogP contribution in [0.5, 0.6) is 0 Å². The van der Waals surface area contributed by atoms with Crippen molar-refractivity contribution in [1.82, 2.24) is 0 Å². The molecule has 3 rings (SSSR count). The summed E-state index contributed by atoms with van der Waals surface area (Å²) < 4.78 is 5.21. The number of hydrogen-bond acceptors (Lipinski definition) is 2. The summed E-state index contributed by atoms with van der Waals surface area (Å²) in [6.45, 7) is 2.13. The van der Waals surface area contributed by atoms with E-state index in [9.17, 15) is 4.79 Å². The van der Waals surface area contributed by atoms with Crippen LogP contribution < -0.4 is 4.90 Å². The standard InChI is InChI=1S/C20H17NO2/c1-2-23-20(22)21-18(14-12-16-8-4-3-5-9-16)15-13-17-10-6-7-11-19(17)21/h3-11,13,15,18H,2H2,1H3. The highest BCUT2D eigenvalue weighted by atomic mass is 16.6. The fourth-order valence-corrected chi connectivity index (χ4v) is 2.47. The second-order valence-electron chi connectivity index (χ2n) is 5.07. The van der Waals surface area contributed by atoms with Crippen LogP contribution in [0, 0.1) is 11.8 Å². The van der Waals surface area contributed by atoms with Crippen molar-refractivity contribution in [3.63, 3.8) is 0 Å². The summed E-state index contributed by atoms with van der Waals surface area (Å²) in [4.78, 5) is 14.0. The fraction of sp³-hybridized carbons (Fsp3) is 0.150. The average molecular weight is 303 g/mol. The molecule has 3 heteroatoms. The third-order valence-electron chi connectivity index (χ3n) is 3.54. The van der Waals surface area contributed by atoms with Gasteiger partial charge in [-0.3, -0.25) is 4.90 Å². The van der Waals surface area contributed by atoms with E-state index in [0.29, 0.717) is 6.61 Å². The van der Waals surface area contributed by atoms with Crippen molar-refractivity contribution in [3.8, 4) is 11.8 Å². The normalized spacial score (nSPS) is 15.3. The Labute approximate surface area is 136 Å². The highest BCUT2D eigenvalue weighted by molar-refractivity contribution is 5.94. The van der Waals surface area contributed by atoms with Gasteiger partial charge in [0.15, 0.2) is 0 Å². The van der Waals surface area contributed by atoms with Crippen LogP contribution in [-0.4, -0.2) is 18.7 Å². The van der Waals surface area contributed by atoms with Gasteiger partial charge >= 0.3 is 6.09 Å². The van der Waals surface area contributed by atoms with E-state index in [1.165, 1.54) is 0 Å². The fourth-order valence-electron chi connectivity index (χ4n) is 2.47. The maximum absolute atomic E-state index is 12.4. The highest BCUT2D eigenvalue weighted by Gasteiger charge is 2.27. The minimum Gasteiger partial charge on any atom is -0.449 e. The Hall–Kier alpha value is -2.99. The summed E-state index contributed by atoms with van der Waals surface area (Å²) in [6.07, 6.45) is 3.54. The molecule has 23 heavy (non-hydrogen) atoms. The molecule has 1 unspecified atom stereocenters. The summed E-state index contributed by atoms with van der Waals surface area (Å²) >= 11 is 0. The van der Waals surface area contributed by atoms with Crippen molar-refractivity contribution in [3.05, 3.63) is 71.8 Å². The zero-order valence-corrected chi connectivity index (χ0v) is 12.9. The van der Waals surface area contributed by atoms with Gasteiger partial charge < -0.3 is 4.74 Å². The third-order valence-corrected chi connectivity index (χ3v) is 3.54. The lowest BCUT2D eigenvalue weighted by molar-refractivity contribution is 0.159. The van der Waals surface area contributed by atoms with Gasteiger partial charge in [-0.15, -0.1) is 0 Å². The number of rotatable bonds is 1. The number of carbonyl (C=O) groups excluding carboxylic acids is 1. The Morgan fingerprint density at radius 1 is 1.13 bits per heavy atom. The van der Waals surface area contributed by atoms with Crippen LogP contribution in [0.25, 0.3) is 6.08 Å². The maximum atomic E-state index is 12.4. The van der Waals surface area contributed by atoms with Gasteiger partial charge in [-0.1, -0.05) is 54.3 Å². The molecule has 1 aliphatic rings. The lowest BCUT2D eigenvalue weighted by Gasteiger charge is -2.30. The Balaban J connectivity index is 1.96. The number of amides is 1. The van der Waals surface area contributed by atoms with Crippen molar-refractivity contribution in [2.24, 2.45) is 0 Å². The lowest BCUT2D eigenvalue weighted by atomic mass is 10.0. The number of nitrogens with zero attached hydrogens (tertiary/aromatic N) is 1. The Morgan fingerprint density at radius 2 is 1.87 bits per heavy atom. The molecule has 0 fully saturated rings. The number of ether oxygens (including phenoxy) is 1. The van der Waals surface area contributed by atoms with Gasteiger partial charge in [0.1, 0.15) is 6.04 Å². The summed E-state index contributed by atoms with van der Waals surface area (Å²) in [6, 6.07) is 17.1. The van der Waals surface area contributed by atoms with Crippen LogP contribution in [0.3, 0.4) is 0 Å². The molecule has 2 aromatic rings. The minimum absolute atomic E-state index is 0.333. The van der Waals surface area contributed by atoms with Gasteiger partial charge in [0.25, 0.3) is 0 Å². The van der Waals surface area contributed by atoms with Crippen LogP contribution in [0.2, 0.25) is 0 Å². The van der Waals surface area contributed by atoms with E-state index in [-0.39, 0.29) is 12.1 Å². The average Bonchev–Trinajstić information content (AvgIpc) is 2.60. The largest absolute Gasteiger partial charge is 0.449 e. The second-order valence-corrected chi connectivity index (χ2v) is 5.07. The molecule has 1 atom stereocenters. The SMILES string of the molecule is CCOC(=O)N1c2ccccc2C=CC1C#Cc1ccccc1. The molecule has 0 saturated carbocycles. The second kappa shape index (κ2) is 6.85. The van der Waals surface area contributed by atoms with E-state index < -0.39 is 0 Å². The van der Waals surface area contributed by atoms with Crippen LogP contribution in [-0.2, 0) is 4.74 Å². The molecule has 114 valence electrons. The Kier molecular flexibility index (Phi) is 4.44. The number of fused-ring (bicyclic) bond motifs is 1. The highest BCUT2D eigenvalue weighted by Crippen LogP contribution is 2.29. The molecular formula is C20H17NO2. The minimum atomic E-state index is -0.378. The first-order valence-corrected chi connectivity index (χ1v) is 7.59. The first kappa shape index (κ1) is 14.9. The van der Waals surface area contributed by atoms with E-state index in [0.717, 1.165) is 16.8 Å². The number of anilines is 1. The third kappa shape index (κ3) is 3.27. The van der Waals surface area contributed by atoms with Crippen molar-refractivity contribution in [2.75, 3.05) is 11.5 Å². The molecule has 0 radical (unpaired) electrons. The number of benzene rings is 2. The van der Waals surface area contributed by atoms with Crippen molar-refractivity contribution in [1.29, 1.82) is 0 Å². The van der Waals surface area contributed by atoms with Gasteiger partial charge in [-0.25, -0.2) is 4.79 Å².